The third-order valence-corrected chi connectivity index (χ3v) is 1.23. The standard InChI is InChI=1S/C6H10O2.C5H8O3/c1-2-3-4-5-6(7)8;1-3-8-5(7)4(2)6/h4-5H,2-3H2,1H3,(H,7,8);6H,2-3H2,1H3. The number of aliphatic hydroxyl groups is 1. The molecule has 0 fully saturated rings. The van der Waals surface area contributed by atoms with Crippen LogP contribution in [0, 0.1) is 0 Å². The van der Waals surface area contributed by atoms with Gasteiger partial charge in [0.2, 0.25) is 0 Å². The molecule has 5 heteroatoms. The summed E-state index contributed by atoms with van der Waals surface area (Å²) in [5, 5.41) is 16.3. The lowest BCUT2D eigenvalue weighted by Gasteiger charge is -1.95. The molecular formula is C11H18O5. The van der Waals surface area contributed by atoms with Gasteiger partial charge in [-0.05, 0) is 19.9 Å². The van der Waals surface area contributed by atoms with Crippen molar-refractivity contribution in [3.63, 3.8) is 0 Å². The molecule has 0 heterocycles. The van der Waals surface area contributed by atoms with E-state index in [1.54, 1.807) is 13.0 Å². The molecule has 5 nitrogen and oxygen atoms in total. The van der Waals surface area contributed by atoms with E-state index in [0.29, 0.717) is 0 Å². The number of hydrogen-bond acceptors (Lipinski definition) is 4. The summed E-state index contributed by atoms with van der Waals surface area (Å²) in [7, 11) is 0. The van der Waals surface area contributed by atoms with Crippen LogP contribution in [0.1, 0.15) is 26.7 Å². The van der Waals surface area contributed by atoms with Crippen LogP contribution in [0.2, 0.25) is 0 Å². The monoisotopic (exact) mass is 230 g/mol. The van der Waals surface area contributed by atoms with Crippen LogP contribution in [0.4, 0.5) is 0 Å². The van der Waals surface area contributed by atoms with Gasteiger partial charge in [-0.1, -0.05) is 19.4 Å². The highest BCUT2D eigenvalue weighted by atomic mass is 16.5. The Kier molecular flexibility index (Phi) is 11.7. The fourth-order valence-corrected chi connectivity index (χ4v) is 0.565. The molecule has 0 aliphatic carbocycles. The molecule has 0 saturated carbocycles. The highest BCUT2D eigenvalue weighted by Gasteiger charge is 2.01. The Bertz CT molecular complexity index is 255. The van der Waals surface area contributed by atoms with E-state index in [0.717, 1.165) is 12.8 Å². The first-order chi connectivity index (χ1) is 7.45. The van der Waals surface area contributed by atoms with Crippen LogP contribution < -0.4 is 0 Å². The summed E-state index contributed by atoms with van der Waals surface area (Å²) in [6, 6.07) is 0. The molecule has 0 amide bonds. The Balaban J connectivity index is 0. The van der Waals surface area contributed by atoms with Gasteiger partial charge in [0, 0.05) is 6.08 Å². The van der Waals surface area contributed by atoms with Crippen LogP contribution in [-0.4, -0.2) is 28.8 Å². The molecule has 0 rings (SSSR count). The lowest BCUT2D eigenvalue weighted by molar-refractivity contribution is -0.141. The van der Waals surface area contributed by atoms with E-state index in [-0.39, 0.29) is 6.61 Å². The van der Waals surface area contributed by atoms with E-state index in [1.165, 1.54) is 6.08 Å². The van der Waals surface area contributed by atoms with Crippen molar-refractivity contribution in [3.05, 3.63) is 24.5 Å². The summed E-state index contributed by atoms with van der Waals surface area (Å²) in [5.41, 5.74) is 0. The van der Waals surface area contributed by atoms with Crippen LogP contribution in [-0.2, 0) is 14.3 Å². The molecule has 92 valence electrons. The third kappa shape index (κ3) is 14.7. The smallest absolute Gasteiger partial charge is 0.372 e. The molecule has 0 aliphatic rings. The molecule has 2 N–H and O–H groups in total. The van der Waals surface area contributed by atoms with E-state index in [1.807, 2.05) is 6.92 Å². The Morgan fingerprint density at radius 3 is 2.12 bits per heavy atom. The largest absolute Gasteiger partial charge is 0.502 e. The molecule has 0 atom stereocenters. The number of carbonyl (C=O) groups excluding carboxylic acids is 1. The molecule has 0 bridgehead atoms. The molecule has 0 radical (unpaired) electrons. The fraction of sp³-hybridized carbons (Fsp3) is 0.455. The maximum absolute atomic E-state index is 10.2. The zero-order valence-electron chi connectivity index (χ0n) is 9.60. The summed E-state index contributed by atoms with van der Waals surface area (Å²) in [4.78, 5) is 20.0. The van der Waals surface area contributed by atoms with Crippen molar-refractivity contribution >= 4 is 11.9 Å². The number of carboxylic acid groups (broad SMARTS) is 1. The van der Waals surface area contributed by atoms with Gasteiger partial charge in [0.15, 0.2) is 5.76 Å². The Morgan fingerprint density at radius 2 is 1.88 bits per heavy atom. The van der Waals surface area contributed by atoms with Crippen LogP contribution in [0.5, 0.6) is 0 Å². The number of carboxylic acids is 1. The van der Waals surface area contributed by atoms with Gasteiger partial charge in [-0.3, -0.25) is 0 Å². The number of carbonyl (C=O) groups is 2. The average Bonchev–Trinajstić information content (AvgIpc) is 2.19. The van der Waals surface area contributed by atoms with E-state index in [4.69, 9.17) is 10.2 Å². The minimum Gasteiger partial charge on any atom is -0.502 e. The molecule has 0 unspecified atom stereocenters. The number of ether oxygens (including phenoxy) is 1. The minimum absolute atomic E-state index is 0.262. The summed E-state index contributed by atoms with van der Waals surface area (Å²) in [5.74, 6) is -2.17. The minimum atomic E-state index is -0.863. The number of aliphatic hydroxyl groups excluding tert-OH is 1. The Labute approximate surface area is 95.0 Å². The van der Waals surface area contributed by atoms with Gasteiger partial charge in [0.1, 0.15) is 0 Å². The Hall–Kier alpha value is -1.78. The Morgan fingerprint density at radius 1 is 1.31 bits per heavy atom. The van der Waals surface area contributed by atoms with Crippen molar-refractivity contribution in [3.8, 4) is 0 Å². The van der Waals surface area contributed by atoms with Crippen LogP contribution >= 0.6 is 0 Å². The molecule has 16 heavy (non-hydrogen) atoms. The number of esters is 1. The number of allylic oxidation sites excluding steroid dienone is 1. The second-order valence-corrected chi connectivity index (χ2v) is 2.70. The predicted octanol–water partition coefficient (Wildman–Crippen LogP) is 2.05. The van der Waals surface area contributed by atoms with Gasteiger partial charge < -0.3 is 14.9 Å². The van der Waals surface area contributed by atoms with Crippen molar-refractivity contribution in [2.75, 3.05) is 6.61 Å². The first kappa shape index (κ1) is 16.6. The number of rotatable bonds is 5. The molecule has 0 saturated heterocycles. The third-order valence-electron chi connectivity index (χ3n) is 1.23. The van der Waals surface area contributed by atoms with Crippen molar-refractivity contribution in [1.82, 2.24) is 0 Å². The predicted molar refractivity (Wildman–Crippen MR) is 60.1 cm³/mol. The number of unbranched alkanes of at least 4 members (excludes halogenated alkanes) is 1. The molecule has 0 aliphatic heterocycles. The zero-order chi connectivity index (χ0) is 13.0. The van der Waals surface area contributed by atoms with E-state index >= 15 is 0 Å². The summed E-state index contributed by atoms with van der Waals surface area (Å²) < 4.78 is 4.31. The highest BCUT2D eigenvalue weighted by molar-refractivity contribution is 5.84. The molecule has 0 aromatic heterocycles. The molecule has 0 aromatic carbocycles. The van der Waals surface area contributed by atoms with Gasteiger partial charge in [-0.2, -0.15) is 0 Å². The van der Waals surface area contributed by atoms with Gasteiger partial charge in [-0.25, -0.2) is 9.59 Å². The van der Waals surface area contributed by atoms with Crippen LogP contribution in [0.3, 0.4) is 0 Å². The van der Waals surface area contributed by atoms with Crippen molar-refractivity contribution < 1.29 is 24.5 Å². The van der Waals surface area contributed by atoms with Crippen molar-refractivity contribution in [1.29, 1.82) is 0 Å². The van der Waals surface area contributed by atoms with Crippen LogP contribution in [0.25, 0.3) is 0 Å². The number of aliphatic carboxylic acids is 1. The second-order valence-electron chi connectivity index (χ2n) is 2.70. The maximum Gasteiger partial charge on any atom is 0.372 e. The summed E-state index contributed by atoms with van der Waals surface area (Å²) >= 11 is 0. The SMILES string of the molecule is C=C(O)C(=O)OCC.CCCC=CC(=O)O. The lowest BCUT2D eigenvalue weighted by Crippen LogP contribution is -2.05. The van der Waals surface area contributed by atoms with Gasteiger partial charge in [0.05, 0.1) is 6.61 Å². The first-order valence-corrected chi connectivity index (χ1v) is 4.90. The van der Waals surface area contributed by atoms with Gasteiger partial charge >= 0.3 is 11.9 Å². The number of hydrogen-bond donors (Lipinski definition) is 2. The summed E-state index contributed by atoms with van der Waals surface area (Å²) in [6.07, 6.45) is 4.68. The molecule has 0 spiro atoms. The second kappa shape index (κ2) is 11.3. The van der Waals surface area contributed by atoms with Gasteiger partial charge in [0.25, 0.3) is 0 Å². The first-order valence-electron chi connectivity index (χ1n) is 4.90. The van der Waals surface area contributed by atoms with E-state index < -0.39 is 17.7 Å². The highest BCUT2D eigenvalue weighted by Crippen LogP contribution is 1.87. The van der Waals surface area contributed by atoms with Crippen molar-refractivity contribution in [2.45, 2.75) is 26.7 Å². The average molecular weight is 230 g/mol. The summed E-state index contributed by atoms with van der Waals surface area (Å²) in [6.45, 7) is 6.88. The maximum atomic E-state index is 10.2. The lowest BCUT2D eigenvalue weighted by atomic mass is 10.3. The van der Waals surface area contributed by atoms with Crippen molar-refractivity contribution in [2.24, 2.45) is 0 Å². The molecular weight excluding hydrogens is 212 g/mol. The van der Waals surface area contributed by atoms with Gasteiger partial charge in [-0.15, -0.1) is 0 Å². The quantitative estimate of drug-likeness (QED) is 0.429. The van der Waals surface area contributed by atoms with E-state index in [9.17, 15) is 9.59 Å². The normalized spacial score (nSPS) is 9.12. The topological polar surface area (TPSA) is 83.8 Å². The fourth-order valence-electron chi connectivity index (χ4n) is 0.565. The van der Waals surface area contributed by atoms with Crippen LogP contribution in [0.15, 0.2) is 24.5 Å². The van der Waals surface area contributed by atoms with E-state index in [2.05, 4.69) is 11.3 Å². The zero-order valence-corrected chi connectivity index (χ0v) is 9.60. The molecule has 0 aromatic rings.